The molecule has 0 fully saturated rings. The van der Waals surface area contributed by atoms with E-state index in [-0.39, 0.29) is 12.8 Å². The standard InChI is InChI=1S/C13H14O5/c1-13(2)17-9-5-3-4-8(6-7-10(14)15)11(9)12(16)18-13/h3-5H,6-7H2,1-2H3,(H,14,15). The number of fused-ring (bicyclic) bond motifs is 1. The SMILES string of the molecule is CC1(C)OC(=O)c2c(CCC(=O)O)cccc2O1. The zero-order chi connectivity index (χ0) is 13.3. The highest BCUT2D eigenvalue weighted by Gasteiger charge is 2.35. The van der Waals surface area contributed by atoms with Crippen LogP contribution in [0.2, 0.25) is 0 Å². The predicted octanol–water partition coefficient (Wildman–Crippen LogP) is 1.99. The zero-order valence-corrected chi connectivity index (χ0v) is 10.2. The lowest BCUT2D eigenvalue weighted by Gasteiger charge is -2.32. The molecule has 0 amide bonds. The van der Waals surface area contributed by atoms with Gasteiger partial charge in [0.25, 0.3) is 0 Å². The predicted molar refractivity (Wildman–Crippen MR) is 62.5 cm³/mol. The van der Waals surface area contributed by atoms with Gasteiger partial charge in [0.1, 0.15) is 11.3 Å². The Morgan fingerprint density at radius 3 is 2.72 bits per heavy atom. The van der Waals surface area contributed by atoms with Gasteiger partial charge in [0.15, 0.2) is 0 Å². The monoisotopic (exact) mass is 250 g/mol. The summed E-state index contributed by atoms with van der Waals surface area (Å²) in [7, 11) is 0. The Bertz CT molecular complexity index is 504. The molecule has 1 N–H and O–H groups in total. The number of hydrogen-bond acceptors (Lipinski definition) is 4. The molecule has 0 saturated carbocycles. The van der Waals surface area contributed by atoms with E-state index in [1.165, 1.54) is 0 Å². The van der Waals surface area contributed by atoms with Gasteiger partial charge < -0.3 is 14.6 Å². The van der Waals surface area contributed by atoms with Crippen LogP contribution in [0.15, 0.2) is 18.2 Å². The van der Waals surface area contributed by atoms with Crippen molar-refractivity contribution in [2.24, 2.45) is 0 Å². The van der Waals surface area contributed by atoms with Gasteiger partial charge in [-0.2, -0.15) is 0 Å². The molecule has 5 nitrogen and oxygen atoms in total. The van der Waals surface area contributed by atoms with Crippen molar-refractivity contribution in [1.82, 2.24) is 0 Å². The molecule has 0 aromatic heterocycles. The number of aliphatic carboxylic acids is 1. The van der Waals surface area contributed by atoms with Crippen molar-refractivity contribution in [3.05, 3.63) is 29.3 Å². The molecule has 0 saturated heterocycles. The number of aryl methyl sites for hydroxylation is 1. The van der Waals surface area contributed by atoms with Crippen molar-refractivity contribution in [2.45, 2.75) is 32.5 Å². The summed E-state index contributed by atoms with van der Waals surface area (Å²) in [6.45, 7) is 3.30. The highest BCUT2D eigenvalue weighted by molar-refractivity contribution is 5.95. The average molecular weight is 250 g/mol. The Labute approximate surface area is 104 Å². The van der Waals surface area contributed by atoms with Crippen LogP contribution >= 0.6 is 0 Å². The molecule has 0 spiro atoms. The van der Waals surface area contributed by atoms with E-state index in [9.17, 15) is 9.59 Å². The Balaban J connectivity index is 2.35. The van der Waals surface area contributed by atoms with E-state index in [1.807, 2.05) is 0 Å². The molecule has 18 heavy (non-hydrogen) atoms. The number of cyclic esters (lactones) is 1. The van der Waals surface area contributed by atoms with Gasteiger partial charge in [-0.3, -0.25) is 4.79 Å². The van der Waals surface area contributed by atoms with Gasteiger partial charge in [-0.1, -0.05) is 12.1 Å². The molecule has 96 valence electrons. The van der Waals surface area contributed by atoms with Crippen molar-refractivity contribution < 1.29 is 24.2 Å². The van der Waals surface area contributed by atoms with Gasteiger partial charge in [-0.25, -0.2) is 4.79 Å². The number of esters is 1. The number of carboxylic acids is 1. The molecule has 5 heteroatoms. The Morgan fingerprint density at radius 1 is 1.33 bits per heavy atom. The number of carbonyl (C=O) groups excluding carboxylic acids is 1. The maximum absolute atomic E-state index is 11.9. The van der Waals surface area contributed by atoms with Gasteiger partial charge in [-0.05, 0) is 18.1 Å². The molecule has 0 aliphatic carbocycles. The second-order valence-electron chi connectivity index (χ2n) is 4.58. The van der Waals surface area contributed by atoms with Gasteiger partial charge in [0.2, 0.25) is 5.79 Å². The number of benzene rings is 1. The van der Waals surface area contributed by atoms with Crippen LogP contribution in [-0.2, 0) is 16.0 Å². The molecule has 0 atom stereocenters. The van der Waals surface area contributed by atoms with Crippen molar-refractivity contribution >= 4 is 11.9 Å². The largest absolute Gasteiger partial charge is 0.481 e. The van der Waals surface area contributed by atoms with E-state index >= 15 is 0 Å². The van der Waals surface area contributed by atoms with Crippen LogP contribution in [0.1, 0.15) is 36.2 Å². The van der Waals surface area contributed by atoms with E-state index in [0.29, 0.717) is 16.9 Å². The summed E-state index contributed by atoms with van der Waals surface area (Å²) in [6, 6.07) is 5.14. The summed E-state index contributed by atoms with van der Waals surface area (Å²) in [4.78, 5) is 22.5. The Kier molecular flexibility index (Phi) is 2.98. The molecule has 0 unspecified atom stereocenters. The molecule has 0 radical (unpaired) electrons. The number of ether oxygens (including phenoxy) is 2. The summed E-state index contributed by atoms with van der Waals surface area (Å²) in [5, 5.41) is 8.68. The van der Waals surface area contributed by atoms with Crippen molar-refractivity contribution in [3.63, 3.8) is 0 Å². The molecule has 0 bridgehead atoms. The van der Waals surface area contributed by atoms with Crippen LogP contribution in [0, 0.1) is 0 Å². The third kappa shape index (κ3) is 2.45. The van der Waals surface area contributed by atoms with E-state index in [4.69, 9.17) is 14.6 Å². The maximum Gasteiger partial charge on any atom is 0.345 e. The third-order valence-electron chi connectivity index (χ3n) is 2.62. The highest BCUT2D eigenvalue weighted by atomic mass is 16.7. The molecule has 1 aromatic carbocycles. The Hall–Kier alpha value is -2.04. The lowest BCUT2D eigenvalue weighted by atomic mass is 10.0. The molecular weight excluding hydrogens is 236 g/mol. The van der Waals surface area contributed by atoms with Gasteiger partial charge in [-0.15, -0.1) is 0 Å². The molecule has 2 rings (SSSR count). The highest BCUT2D eigenvalue weighted by Crippen LogP contribution is 2.33. The smallest absolute Gasteiger partial charge is 0.345 e. The second-order valence-corrected chi connectivity index (χ2v) is 4.58. The quantitative estimate of drug-likeness (QED) is 0.830. The second kappa shape index (κ2) is 4.33. The normalized spacial score (nSPS) is 16.4. The van der Waals surface area contributed by atoms with Crippen LogP contribution in [0.5, 0.6) is 5.75 Å². The van der Waals surface area contributed by atoms with E-state index in [1.54, 1.807) is 32.0 Å². The summed E-state index contributed by atoms with van der Waals surface area (Å²) in [6.07, 6.45) is 0.241. The van der Waals surface area contributed by atoms with Gasteiger partial charge in [0, 0.05) is 20.3 Å². The molecule has 1 aliphatic heterocycles. The van der Waals surface area contributed by atoms with Gasteiger partial charge in [0.05, 0.1) is 0 Å². The maximum atomic E-state index is 11.9. The van der Waals surface area contributed by atoms with Crippen molar-refractivity contribution in [1.29, 1.82) is 0 Å². The summed E-state index contributed by atoms with van der Waals surface area (Å²) in [5.74, 6) is -1.92. The van der Waals surface area contributed by atoms with E-state index in [2.05, 4.69) is 0 Å². The Morgan fingerprint density at radius 2 is 2.06 bits per heavy atom. The molecular formula is C13H14O5. The fourth-order valence-corrected chi connectivity index (χ4v) is 1.90. The molecule has 1 aromatic rings. The van der Waals surface area contributed by atoms with E-state index < -0.39 is 17.7 Å². The van der Waals surface area contributed by atoms with Crippen molar-refractivity contribution in [2.75, 3.05) is 0 Å². The summed E-state index contributed by atoms with van der Waals surface area (Å²) in [5.41, 5.74) is 0.966. The first-order chi connectivity index (χ1) is 8.39. The number of hydrogen-bond donors (Lipinski definition) is 1. The minimum Gasteiger partial charge on any atom is -0.481 e. The first kappa shape index (κ1) is 12.4. The first-order valence-corrected chi connectivity index (χ1v) is 5.65. The summed E-state index contributed by atoms with van der Waals surface area (Å²) < 4.78 is 10.7. The van der Waals surface area contributed by atoms with Crippen LogP contribution in [-0.4, -0.2) is 22.8 Å². The number of rotatable bonds is 3. The lowest BCUT2D eigenvalue weighted by Crippen LogP contribution is -2.39. The molecule has 1 aliphatic rings. The number of carboxylic acid groups (broad SMARTS) is 1. The molecule has 1 heterocycles. The minimum atomic E-state index is -0.991. The topological polar surface area (TPSA) is 72.8 Å². The minimum absolute atomic E-state index is 0.0346. The van der Waals surface area contributed by atoms with Crippen LogP contribution in [0.25, 0.3) is 0 Å². The summed E-state index contributed by atoms with van der Waals surface area (Å²) >= 11 is 0. The fraction of sp³-hybridized carbons (Fsp3) is 0.385. The van der Waals surface area contributed by atoms with Crippen LogP contribution in [0.3, 0.4) is 0 Å². The van der Waals surface area contributed by atoms with Gasteiger partial charge >= 0.3 is 11.9 Å². The average Bonchev–Trinajstić information content (AvgIpc) is 2.23. The zero-order valence-electron chi connectivity index (χ0n) is 10.2. The fourth-order valence-electron chi connectivity index (χ4n) is 1.90. The first-order valence-electron chi connectivity index (χ1n) is 5.65. The van der Waals surface area contributed by atoms with Crippen molar-refractivity contribution in [3.8, 4) is 5.75 Å². The number of carbonyl (C=O) groups is 2. The van der Waals surface area contributed by atoms with E-state index in [0.717, 1.165) is 0 Å². The lowest BCUT2D eigenvalue weighted by molar-refractivity contribution is -0.137. The third-order valence-corrected chi connectivity index (χ3v) is 2.62. The van der Waals surface area contributed by atoms with Crippen LogP contribution < -0.4 is 4.74 Å². The van der Waals surface area contributed by atoms with Crippen LogP contribution in [0.4, 0.5) is 0 Å².